The van der Waals surface area contributed by atoms with Crippen molar-refractivity contribution in [2.24, 2.45) is 0 Å². The number of anilines is 1. The van der Waals surface area contributed by atoms with Gasteiger partial charge in [0.1, 0.15) is 11.4 Å². The Labute approximate surface area is 165 Å². The number of aromatic amines is 1. The van der Waals surface area contributed by atoms with Crippen LogP contribution in [0.5, 0.6) is 17.2 Å². The van der Waals surface area contributed by atoms with E-state index in [1.54, 1.807) is 32.2 Å². The maximum absolute atomic E-state index is 12.5. The Morgan fingerprint density at radius 3 is 2.55 bits per heavy atom. The normalized spacial score (nSPS) is 10.7. The number of nitrogens with zero attached hydrogens (tertiary/aromatic N) is 1. The maximum atomic E-state index is 12.5. The van der Waals surface area contributed by atoms with Crippen LogP contribution in [0.25, 0.3) is 11.3 Å². The fourth-order valence-corrected chi connectivity index (χ4v) is 2.59. The molecule has 1 amide bonds. The van der Waals surface area contributed by atoms with E-state index >= 15 is 0 Å². The topological polar surface area (TPSA) is 85.5 Å². The van der Waals surface area contributed by atoms with Gasteiger partial charge in [-0.05, 0) is 49.4 Å². The number of alkyl halides is 2. The average Bonchev–Trinajstić information content (AvgIpc) is 3.20. The van der Waals surface area contributed by atoms with E-state index in [2.05, 4.69) is 20.3 Å². The summed E-state index contributed by atoms with van der Waals surface area (Å²) >= 11 is 0. The molecule has 0 unspecified atom stereocenters. The third-order valence-electron chi connectivity index (χ3n) is 3.93. The van der Waals surface area contributed by atoms with E-state index in [9.17, 15) is 13.6 Å². The van der Waals surface area contributed by atoms with Crippen LogP contribution in [-0.2, 0) is 0 Å². The lowest BCUT2D eigenvalue weighted by Gasteiger charge is -2.13. The third kappa shape index (κ3) is 5.01. The summed E-state index contributed by atoms with van der Waals surface area (Å²) in [5.41, 5.74) is 2.00. The van der Waals surface area contributed by atoms with Crippen LogP contribution in [0, 0.1) is 0 Å². The molecule has 7 nitrogen and oxygen atoms in total. The highest BCUT2D eigenvalue weighted by Crippen LogP contribution is 2.32. The van der Waals surface area contributed by atoms with Gasteiger partial charge < -0.3 is 19.5 Å². The van der Waals surface area contributed by atoms with Gasteiger partial charge in [0.2, 0.25) is 0 Å². The van der Waals surface area contributed by atoms with Gasteiger partial charge in [0.25, 0.3) is 5.91 Å². The molecule has 0 fully saturated rings. The van der Waals surface area contributed by atoms with Crippen molar-refractivity contribution >= 4 is 11.6 Å². The fraction of sp³-hybridized carbons (Fsp3) is 0.200. The van der Waals surface area contributed by atoms with E-state index in [4.69, 9.17) is 9.47 Å². The quantitative estimate of drug-likeness (QED) is 0.585. The maximum Gasteiger partial charge on any atom is 0.387 e. The van der Waals surface area contributed by atoms with Gasteiger partial charge in [-0.25, -0.2) is 0 Å². The monoisotopic (exact) mass is 403 g/mol. The predicted octanol–water partition coefficient (Wildman–Crippen LogP) is 4.34. The summed E-state index contributed by atoms with van der Waals surface area (Å²) < 4.78 is 39.8. The first kappa shape index (κ1) is 20.1. The van der Waals surface area contributed by atoms with Crippen molar-refractivity contribution in [1.29, 1.82) is 0 Å². The number of methoxy groups -OCH3 is 1. The molecule has 9 heteroatoms. The number of ether oxygens (including phenoxy) is 3. The minimum atomic E-state index is -2.98. The van der Waals surface area contributed by atoms with E-state index in [0.717, 1.165) is 5.56 Å². The number of hydrogen-bond acceptors (Lipinski definition) is 5. The molecular weight excluding hydrogens is 384 g/mol. The first-order valence-electron chi connectivity index (χ1n) is 8.73. The van der Waals surface area contributed by atoms with Crippen LogP contribution in [-0.4, -0.2) is 36.4 Å². The number of halogens is 2. The number of aromatic nitrogens is 2. The number of H-pyrrole nitrogens is 1. The molecule has 2 aromatic carbocycles. The summed E-state index contributed by atoms with van der Waals surface area (Å²) in [6.07, 6.45) is 0. The van der Waals surface area contributed by atoms with E-state index in [-0.39, 0.29) is 23.8 Å². The highest BCUT2D eigenvalue weighted by Gasteiger charge is 2.15. The van der Waals surface area contributed by atoms with E-state index in [1.165, 1.54) is 18.2 Å². The van der Waals surface area contributed by atoms with Crippen LogP contribution in [0.2, 0.25) is 0 Å². The Morgan fingerprint density at radius 2 is 1.90 bits per heavy atom. The Kier molecular flexibility index (Phi) is 6.28. The van der Waals surface area contributed by atoms with Crippen LogP contribution in [0.1, 0.15) is 17.4 Å². The van der Waals surface area contributed by atoms with Crippen LogP contribution < -0.4 is 19.5 Å². The standard InChI is InChI=1S/C20H19F2N3O4/c1-3-28-18-10-13(6-9-17(18)29-20(21)22)23-19(26)16-11-15(24-25-16)12-4-7-14(27-2)8-5-12/h4-11,20H,3H2,1-2H3,(H,23,26)(H,24,25). The van der Waals surface area contributed by atoms with Gasteiger partial charge >= 0.3 is 6.61 Å². The molecule has 0 saturated carbocycles. The Hall–Kier alpha value is -3.62. The molecule has 152 valence electrons. The molecule has 29 heavy (non-hydrogen) atoms. The van der Waals surface area contributed by atoms with Gasteiger partial charge in [-0.1, -0.05) is 0 Å². The molecule has 1 heterocycles. The van der Waals surface area contributed by atoms with Gasteiger partial charge in [0, 0.05) is 17.3 Å². The van der Waals surface area contributed by atoms with Crippen LogP contribution in [0.4, 0.5) is 14.5 Å². The van der Waals surface area contributed by atoms with Crippen molar-refractivity contribution in [2.45, 2.75) is 13.5 Å². The van der Waals surface area contributed by atoms with E-state index in [0.29, 0.717) is 17.1 Å². The van der Waals surface area contributed by atoms with Crippen molar-refractivity contribution in [3.05, 3.63) is 54.2 Å². The second-order valence-electron chi connectivity index (χ2n) is 5.82. The lowest BCUT2D eigenvalue weighted by atomic mass is 10.1. The summed E-state index contributed by atoms with van der Waals surface area (Å²) in [6, 6.07) is 13.0. The molecule has 0 aliphatic rings. The first-order valence-corrected chi connectivity index (χ1v) is 8.73. The first-order chi connectivity index (χ1) is 14.0. The second kappa shape index (κ2) is 9.05. The number of nitrogens with one attached hydrogen (secondary N) is 2. The summed E-state index contributed by atoms with van der Waals surface area (Å²) in [7, 11) is 1.58. The zero-order valence-electron chi connectivity index (χ0n) is 15.7. The largest absolute Gasteiger partial charge is 0.497 e. The molecule has 0 bridgehead atoms. The van der Waals surface area contributed by atoms with Crippen LogP contribution >= 0.6 is 0 Å². The van der Waals surface area contributed by atoms with Crippen LogP contribution in [0.3, 0.4) is 0 Å². The van der Waals surface area contributed by atoms with Gasteiger partial charge in [0.05, 0.1) is 19.4 Å². The summed E-state index contributed by atoms with van der Waals surface area (Å²) in [6.45, 7) is -1.01. The van der Waals surface area contributed by atoms with E-state index in [1.807, 2.05) is 12.1 Å². The molecule has 0 spiro atoms. The van der Waals surface area contributed by atoms with Crippen molar-refractivity contribution < 1.29 is 27.8 Å². The zero-order valence-corrected chi connectivity index (χ0v) is 15.7. The molecule has 0 radical (unpaired) electrons. The third-order valence-corrected chi connectivity index (χ3v) is 3.93. The number of carbonyl (C=O) groups is 1. The summed E-state index contributed by atoms with van der Waals surface area (Å²) in [5.74, 6) is 0.270. The minimum Gasteiger partial charge on any atom is -0.497 e. The lowest BCUT2D eigenvalue weighted by molar-refractivity contribution is -0.0514. The molecular formula is C20H19F2N3O4. The molecule has 3 aromatic rings. The molecule has 2 N–H and O–H groups in total. The van der Waals surface area contributed by atoms with Crippen molar-refractivity contribution in [3.63, 3.8) is 0 Å². The highest BCUT2D eigenvalue weighted by atomic mass is 19.3. The lowest BCUT2D eigenvalue weighted by Crippen LogP contribution is -2.13. The number of benzene rings is 2. The van der Waals surface area contributed by atoms with Crippen LogP contribution in [0.15, 0.2) is 48.5 Å². The number of rotatable bonds is 8. The summed E-state index contributed by atoms with van der Waals surface area (Å²) in [5, 5.41) is 9.49. The van der Waals surface area contributed by atoms with Gasteiger partial charge in [-0.2, -0.15) is 13.9 Å². The average molecular weight is 403 g/mol. The molecule has 0 aliphatic heterocycles. The second-order valence-corrected chi connectivity index (χ2v) is 5.82. The Morgan fingerprint density at radius 1 is 1.14 bits per heavy atom. The fourth-order valence-electron chi connectivity index (χ4n) is 2.59. The smallest absolute Gasteiger partial charge is 0.387 e. The molecule has 0 saturated heterocycles. The van der Waals surface area contributed by atoms with Gasteiger partial charge in [0.15, 0.2) is 11.5 Å². The van der Waals surface area contributed by atoms with Gasteiger partial charge in [-0.3, -0.25) is 9.89 Å². The summed E-state index contributed by atoms with van der Waals surface area (Å²) in [4.78, 5) is 12.5. The van der Waals surface area contributed by atoms with Crippen molar-refractivity contribution in [3.8, 4) is 28.5 Å². The number of hydrogen-bond donors (Lipinski definition) is 2. The minimum absolute atomic E-state index is 0.106. The molecule has 0 atom stereocenters. The zero-order chi connectivity index (χ0) is 20.8. The Bertz CT molecular complexity index is 974. The highest BCUT2D eigenvalue weighted by molar-refractivity contribution is 6.03. The van der Waals surface area contributed by atoms with E-state index < -0.39 is 12.5 Å². The molecule has 3 rings (SSSR count). The number of amides is 1. The molecule has 0 aliphatic carbocycles. The van der Waals surface area contributed by atoms with Crippen molar-refractivity contribution in [1.82, 2.24) is 10.2 Å². The Balaban J connectivity index is 1.74. The van der Waals surface area contributed by atoms with Crippen molar-refractivity contribution in [2.75, 3.05) is 19.0 Å². The number of carbonyl (C=O) groups excluding carboxylic acids is 1. The molecule has 1 aromatic heterocycles. The predicted molar refractivity (Wildman–Crippen MR) is 103 cm³/mol. The SMILES string of the molecule is CCOc1cc(NC(=O)c2cc(-c3ccc(OC)cc3)n[nH]2)ccc1OC(F)F. The van der Waals surface area contributed by atoms with Gasteiger partial charge in [-0.15, -0.1) is 0 Å².